The lowest BCUT2D eigenvalue weighted by atomic mass is 10.2. The summed E-state index contributed by atoms with van der Waals surface area (Å²) in [6.07, 6.45) is 4.29. The Morgan fingerprint density at radius 2 is 2.04 bits per heavy atom. The van der Waals surface area contributed by atoms with Gasteiger partial charge in [0, 0.05) is 32.4 Å². The van der Waals surface area contributed by atoms with Gasteiger partial charge in [0.05, 0.1) is 31.0 Å². The minimum atomic E-state index is 0.565. The van der Waals surface area contributed by atoms with E-state index in [1.165, 1.54) is 0 Å². The quantitative estimate of drug-likeness (QED) is 0.679. The molecule has 2 aromatic heterocycles. The number of nitrogens with one attached hydrogen (secondary N) is 1. The van der Waals surface area contributed by atoms with Gasteiger partial charge in [-0.15, -0.1) is 0 Å². The minimum absolute atomic E-state index is 0.565. The van der Waals surface area contributed by atoms with E-state index >= 15 is 0 Å². The van der Waals surface area contributed by atoms with Crippen LogP contribution in [0.3, 0.4) is 0 Å². The van der Waals surface area contributed by atoms with Crippen molar-refractivity contribution in [1.82, 2.24) is 15.0 Å². The summed E-state index contributed by atoms with van der Waals surface area (Å²) in [6, 6.07) is 7.60. The topological polar surface area (TPSA) is 69.3 Å². The maximum Gasteiger partial charge on any atom is 0.142 e. The van der Waals surface area contributed by atoms with Crippen LogP contribution in [0.5, 0.6) is 11.5 Å². The molecule has 0 unspecified atom stereocenters. The van der Waals surface area contributed by atoms with Crippen molar-refractivity contribution < 1.29 is 14.2 Å². The molecule has 1 aromatic carbocycles. The molecule has 0 aliphatic rings. The predicted octanol–water partition coefficient (Wildman–Crippen LogP) is 3.05. The van der Waals surface area contributed by atoms with Crippen LogP contribution in [0.1, 0.15) is 6.42 Å². The number of benzene rings is 1. The van der Waals surface area contributed by atoms with Crippen LogP contribution in [0.25, 0.3) is 22.4 Å². The van der Waals surface area contributed by atoms with Gasteiger partial charge in [0.15, 0.2) is 0 Å². The summed E-state index contributed by atoms with van der Waals surface area (Å²) in [7, 11) is 3.32. The van der Waals surface area contributed by atoms with Crippen molar-refractivity contribution in [2.75, 3.05) is 27.4 Å². The smallest absolute Gasteiger partial charge is 0.142 e. The summed E-state index contributed by atoms with van der Waals surface area (Å²) in [5.41, 5.74) is 2.65. The van der Waals surface area contributed by atoms with Gasteiger partial charge in [0.1, 0.15) is 22.8 Å². The van der Waals surface area contributed by atoms with Gasteiger partial charge in [0.25, 0.3) is 0 Å². The van der Waals surface area contributed by atoms with Gasteiger partial charge >= 0.3 is 0 Å². The molecule has 2 heterocycles. The molecule has 0 saturated carbocycles. The summed E-state index contributed by atoms with van der Waals surface area (Å²) in [5.74, 6) is 2.22. The van der Waals surface area contributed by atoms with E-state index in [9.17, 15) is 0 Å². The van der Waals surface area contributed by atoms with Crippen molar-refractivity contribution in [1.29, 1.82) is 0 Å². The number of H-pyrrole nitrogens is 1. The number of aromatic amines is 1. The number of ether oxygens (including phenoxy) is 3. The Morgan fingerprint density at radius 1 is 1.13 bits per heavy atom. The van der Waals surface area contributed by atoms with Gasteiger partial charge in [-0.25, -0.2) is 4.98 Å². The van der Waals surface area contributed by atoms with Gasteiger partial charge in [-0.2, -0.15) is 0 Å². The molecule has 0 aliphatic carbocycles. The van der Waals surface area contributed by atoms with Gasteiger partial charge in [0.2, 0.25) is 0 Å². The Bertz CT molecular complexity index is 753. The maximum atomic E-state index is 5.90. The molecule has 3 aromatic rings. The van der Waals surface area contributed by atoms with Crippen LogP contribution in [0.2, 0.25) is 0 Å². The molecular formula is C17H19N3O3. The summed E-state index contributed by atoms with van der Waals surface area (Å²) in [6.45, 7) is 1.23. The van der Waals surface area contributed by atoms with Crippen LogP contribution in [-0.4, -0.2) is 42.4 Å². The summed E-state index contributed by atoms with van der Waals surface area (Å²) < 4.78 is 16.2. The average Bonchev–Trinajstić information content (AvgIpc) is 3.02. The van der Waals surface area contributed by atoms with E-state index in [0.29, 0.717) is 13.2 Å². The van der Waals surface area contributed by atoms with E-state index < -0.39 is 0 Å². The third-order valence-corrected chi connectivity index (χ3v) is 3.48. The standard InChI is InChI=1S/C17H19N3O3/c1-21-8-3-9-23-16-10-12(22-2)4-5-13(16)17-19-14-6-7-18-11-15(14)20-17/h4-7,10-11H,3,8-9H2,1-2H3,(H,19,20). The molecule has 0 radical (unpaired) electrons. The molecule has 0 saturated heterocycles. The fraction of sp³-hybridized carbons (Fsp3) is 0.294. The average molecular weight is 313 g/mol. The SMILES string of the molecule is COCCCOc1cc(OC)ccc1-c1nc2cnccc2[nH]1. The second-order valence-corrected chi connectivity index (χ2v) is 5.04. The zero-order chi connectivity index (χ0) is 16.1. The van der Waals surface area contributed by atoms with Gasteiger partial charge < -0.3 is 19.2 Å². The normalized spacial score (nSPS) is 10.9. The van der Waals surface area contributed by atoms with E-state index in [1.54, 1.807) is 26.6 Å². The highest BCUT2D eigenvalue weighted by Gasteiger charge is 2.12. The Kier molecular flexibility index (Phi) is 4.73. The zero-order valence-corrected chi connectivity index (χ0v) is 13.2. The van der Waals surface area contributed by atoms with Gasteiger partial charge in [-0.3, -0.25) is 4.98 Å². The van der Waals surface area contributed by atoms with Gasteiger partial charge in [-0.05, 0) is 18.2 Å². The second kappa shape index (κ2) is 7.11. The first-order valence-corrected chi connectivity index (χ1v) is 7.41. The molecule has 0 bridgehead atoms. The highest BCUT2D eigenvalue weighted by molar-refractivity contribution is 5.80. The third-order valence-electron chi connectivity index (χ3n) is 3.48. The third kappa shape index (κ3) is 3.43. The lowest BCUT2D eigenvalue weighted by Crippen LogP contribution is -2.03. The Balaban J connectivity index is 1.93. The van der Waals surface area contributed by atoms with E-state index in [2.05, 4.69) is 15.0 Å². The van der Waals surface area contributed by atoms with E-state index in [4.69, 9.17) is 14.2 Å². The zero-order valence-electron chi connectivity index (χ0n) is 13.2. The number of hydrogen-bond donors (Lipinski definition) is 1. The summed E-state index contributed by atoms with van der Waals surface area (Å²) in [4.78, 5) is 12.0. The largest absolute Gasteiger partial charge is 0.497 e. The van der Waals surface area contributed by atoms with Crippen LogP contribution >= 0.6 is 0 Å². The number of methoxy groups -OCH3 is 2. The molecule has 0 atom stereocenters. The van der Waals surface area contributed by atoms with Crippen molar-refractivity contribution >= 4 is 11.0 Å². The molecule has 3 rings (SSSR count). The fourth-order valence-electron chi connectivity index (χ4n) is 2.31. The molecule has 0 spiro atoms. The summed E-state index contributed by atoms with van der Waals surface area (Å²) >= 11 is 0. The minimum Gasteiger partial charge on any atom is -0.497 e. The lowest BCUT2D eigenvalue weighted by molar-refractivity contribution is 0.172. The molecular weight excluding hydrogens is 294 g/mol. The molecule has 6 nitrogen and oxygen atoms in total. The predicted molar refractivity (Wildman–Crippen MR) is 87.9 cm³/mol. The van der Waals surface area contributed by atoms with Crippen LogP contribution in [0.4, 0.5) is 0 Å². The van der Waals surface area contributed by atoms with Crippen LogP contribution in [0.15, 0.2) is 36.7 Å². The van der Waals surface area contributed by atoms with Crippen molar-refractivity contribution in [2.24, 2.45) is 0 Å². The van der Waals surface area contributed by atoms with Crippen LogP contribution in [0, 0.1) is 0 Å². The van der Waals surface area contributed by atoms with E-state index in [0.717, 1.165) is 40.3 Å². The fourth-order valence-corrected chi connectivity index (χ4v) is 2.31. The maximum absolute atomic E-state index is 5.90. The number of nitrogens with zero attached hydrogens (tertiary/aromatic N) is 2. The molecule has 0 fully saturated rings. The van der Waals surface area contributed by atoms with Crippen molar-refractivity contribution in [3.8, 4) is 22.9 Å². The number of rotatable bonds is 7. The molecule has 0 aliphatic heterocycles. The van der Waals surface area contributed by atoms with Crippen molar-refractivity contribution in [2.45, 2.75) is 6.42 Å². The van der Waals surface area contributed by atoms with Crippen molar-refractivity contribution in [3.63, 3.8) is 0 Å². The lowest BCUT2D eigenvalue weighted by Gasteiger charge is -2.11. The van der Waals surface area contributed by atoms with Crippen LogP contribution in [-0.2, 0) is 4.74 Å². The Morgan fingerprint density at radius 3 is 2.83 bits per heavy atom. The first-order valence-electron chi connectivity index (χ1n) is 7.41. The van der Waals surface area contributed by atoms with E-state index in [1.807, 2.05) is 24.3 Å². The molecule has 0 amide bonds. The number of imidazole rings is 1. The molecule has 23 heavy (non-hydrogen) atoms. The molecule has 6 heteroatoms. The number of fused-ring (bicyclic) bond motifs is 1. The molecule has 120 valence electrons. The van der Waals surface area contributed by atoms with Crippen molar-refractivity contribution in [3.05, 3.63) is 36.7 Å². The number of hydrogen-bond acceptors (Lipinski definition) is 5. The first kappa shape index (κ1) is 15.3. The number of aromatic nitrogens is 3. The molecule has 1 N–H and O–H groups in total. The highest BCUT2D eigenvalue weighted by atomic mass is 16.5. The van der Waals surface area contributed by atoms with Gasteiger partial charge in [-0.1, -0.05) is 0 Å². The van der Waals surface area contributed by atoms with Crippen LogP contribution < -0.4 is 9.47 Å². The monoisotopic (exact) mass is 313 g/mol. The second-order valence-electron chi connectivity index (χ2n) is 5.04. The number of pyridine rings is 1. The van der Waals surface area contributed by atoms with E-state index in [-0.39, 0.29) is 0 Å². The highest BCUT2D eigenvalue weighted by Crippen LogP contribution is 2.33. The Hall–Kier alpha value is -2.60. The summed E-state index contributed by atoms with van der Waals surface area (Å²) in [5, 5.41) is 0. The first-order chi connectivity index (χ1) is 11.3. The Labute approximate surface area is 134 Å².